The van der Waals surface area contributed by atoms with Gasteiger partial charge in [0.2, 0.25) is 0 Å². The van der Waals surface area contributed by atoms with Crippen LogP contribution in [-0.2, 0) is 16.1 Å². The van der Waals surface area contributed by atoms with Crippen LogP contribution in [0.1, 0.15) is 59.4 Å². The van der Waals surface area contributed by atoms with Crippen LogP contribution in [0, 0.1) is 5.92 Å². The second-order valence-corrected chi connectivity index (χ2v) is 7.65. The summed E-state index contributed by atoms with van der Waals surface area (Å²) in [5.41, 5.74) is 0.408. The fourth-order valence-electron chi connectivity index (χ4n) is 2.31. The highest BCUT2D eigenvalue weighted by Crippen LogP contribution is 2.14. The molecule has 0 spiro atoms. The number of hydrogen-bond acceptors (Lipinski definition) is 3. The van der Waals surface area contributed by atoms with Gasteiger partial charge in [-0.05, 0) is 38.7 Å². The van der Waals surface area contributed by atoms with Crippen LogP contribution in [0.5, 0.6) is 0 Å². The van der Waals surface area contributed by atoms with Crippen molar-refractivity contribution in [3.63, 3.8) is 0 Å². The molecule has 0 saturated heterocycles. The molecule has 0 saturated carbocycles. The lowest BCUT2D eigenvalue weighted by molar-refractivity contribution is -0.120. The SMILES string of the molecule is CC(C)CCCC(=O)CN(Cc1ccccc1)C(=O)OC(C)(C)C. The third-order valence-electron chi connectivity index (χ3n) is 3.47. The number of hydrogen-bond donors (Lipinski definition) is 0. The molecule has 0 bridgehead atoms. The fourth-order valence-corrected chi connectivity index (χ4v) is 2.31. The molecule has 134 valence electrons. The highest BCUT2D eigenvalue weighted by molar-refractivity contribution is 5.84. The number of amides is 1. The Kier molecular flexibility index (Phi) is 7.96. The van der Waals surface area contributed by atoms with Crippen molar-refractivity contribution in [3.8, 4) is 0 Å². The van der Waals surface area contributed by atoms with Crippen molar-refractivity contribution in [2.24, 2.45) is 5.92 Å². The molecule has 1 amide bonds. The number of rotatable bonds is 8. The molecule has 1 aromatic carbocycles. The summed E-state index contributed by atoms with van der Waals surface area (Å²) in [6, 6.07) is 9.67. The van der Waals surface area contributed by atoms with Crippen molar-refractivity contribution in [2.75, 3.05) is 6.54 Å². The van der Waals surface area contributed by atoms with E-state index in [0.717, 1.165) is 18.4 Å². The third-order valence-corrected chi connectivity index (χ3v) is 3.47. The van der Waals surface area contributed by atoms with Crippen LogP contribution in [-0.4, -0.2) is 28.9 Å². The summed E-state index contributed by atoms with van der Waals surface area (Å²) < 4.78 is 5.45. The van der Waals surface area contributed by atoms with Crippen molar-refractivity contribution in [2.45, 2.75) is 66.0 Å². The minimum Gasteiger partial charge on any atom is -0.444 e. The summed E-state index contributed by atoms with van der Waals surface area (Å²) in [5, 5.41) is 0. The molecule has 0 aliphatic rings. The summed E-state index contributed by atoms with van der Waals surface area (Å²) in [7, 11) is 0. The molecule has 0 fully saturated rings. The van der Waals surface area contributed by atoms with E-state index in [4.69, 9.17) is 4.74 Å². The van der Waals surface area contributed by atoms with Crippen molar-refractivity contribution < 1.29 is 14.3 Å². The molecule has 0 aromatic heterocycles. The summed E-state index contributed by atoms with van der Waals surface area (Å²) in [5.74, 6) is 0.668. The van der Waals surface area contributed by atoms with Gasteiger partial charge in [-0.2, -0.15) is 0 Å². The Labute approximate surface area is 146 Å². The smallest absolute Gasteiger partial charge is 0.410 e. The minimum absolute atomic E-state index is 0.0810. The van der Waals surface area contributed by atoms with Gasteiger partial charge in [-0.25, -0.2) is 4.79 Å². The second kappa shape index (κ2) is 9.45. The molecule has 0 aliphatic heterocycles. The quantitative estimate of drug-likeness (QED) is 0.685. The average Bonchev–Trinajstić information content (AvgIpc) is 2.45. The van der Waals surface area contributed by atoms with Crippen LogP contribution in [0.25, 0.3) is 0 Å². The lowest BCUT2D eigenvalue weighted by Crippen LogP contribution is -2.39. The minimum atomic E-state index is -0.577. The van der Waals surface area contributed by atoms with Gasteiger partial charge < -0.3 is 4.74 Å². The van der Waals surface area contributed by atoms with Gasteiger partial charge in [-0.1, -0.05) is 50.6 Å². The van der Waals surface area contributed by atoms with E-state index in [0.29, 0.717) is 18.9 Å². The van der Waals surface area contributed by atoms with E-state index < -0.39 is 11.7 Å². The molecular formula is C20H31NO3. The van der Waals surface area contributed by atoms with Crippen LogP contribution < -0.4 is 0 Å². The van der Waals surface area contributed by atoms with Crippen LogP contribution in [0.15, 0.2) is 30.3 Å². The number of Topliss-reactive ketones (excluding diaryl/α,β-unsaturated/α-hetero) is 1. The molecule has 0 unspecified atom stereocenters. The van der Waals surface area contributed by atoms with Crippen molar-refractivity contribution in [1.29, 1.82) is 0 Å². The Morgan fingerprint density at radius 3 is 2.29 bits per heavy atom. The summed E-state index contributed by atoms with van der Waals surface area (Å²) >= 11 is 0. The molecule has 0 heterocycles. The Balaban J connectivity index is 2.70. The molecule has 1 rings (SSSR count). The number of benzene rings is 1. The standard InChI is InChI=1S/C20H31NO3/c1-16(2)10-9-13-18(22)15-21(19(23)24-20(3,4)5)14-17-11-7-6-8-12-17/h6-8,11-12,16H,9-10,13-15H2,1-5H3. The molecule has 4 nitrogen and oxygen atoms in total. The Hall–Kier alpha value is -1.84. The highest BCUT2D eigenvalue weighted by atomic mass is 16.6. The summed E-state index contributed by atoms with van der Waals surface area (Å²) in [6.07, 6.45) is 1.95. The van der Waals surface area contributed by atoms with E-state index in [1.807, 2.05) is 51.1 Å². The Bertz CT molecular complexity index is 517. The topological polar surface area (TPSA) is 46.6 Å². The van der Waals surface area contributed by atoms with Gasteiger partial charge in [-0.3, -0.25) is 9.69 Å². The van der Waals surface area contributed by atoms with Gasteiger partial charge in [0.25, 0.3) is 0 Å². The van der Waals surface area contributed by atoms with Crippen molar-refractivity contribution in [1.82, 2.24) is 4.90 Å². The first-order valence-electron chi connectivity index (χ1n) is 8.71. The molecule has 24 heavy (non-hydrogen) atoms. The zero-order valence-electron chi connectivity index (χ0n) is 15.7. The molecule has 0 radical (unpaired) electrons. The molecule has 0 atom stereocenters. The largest absolute Gasteiger partial charge is 0.444 e. The summed E-state index contributed by atoms with van der Waals surface area (Å²) in [6.45, 7) is 10.3. The van der Waals surface area contributed by atoms with E-state index in [1.54, 1.807) is 0 Å². The van der Waals surface area contributed by atoms with Crippen LogP contribution in [0.2, 0.25) is 0 Å². The molecule has 0 N–H and O–H groups in total. The Morgan fingerprint density at radius 2 is 1.75 bits per heavy atom. The predicted octanol–water partition coefficient (Wildman–Crippen LogP) is 4.82. The molecule has 1 aromatic rings. The first-order valence-corrected chi connectivity index (χ1v) is 8.71. The van der Waals surface area contributed by atoms with Gasteiger partial charge >= 0.3 is 6.09 Å². The summed E-state index contributed by atoms with van der Waals surface area (Å²) in [4.78, 5) is 26.2. The number of carbonyl (C=O) groups is 2. The number of ether oxygens (including phenoxy) is 1. The van der Waals surface area contributed by atoms with Gasteiger partial charge in [0, 0.05) is 13.0 Å². The van der Waals surface area contributed by atoms with E-state index in [2.05, 4.69) is 13.8 Å². The zero-order valence-corrected chi connectivity index (χ0v) is 15.7. The van der Waals surface area contributed by atoms with E-state index in [-0.39, 0.29) is 12.3 Å². The monoisotopic (exact) mass is 333 g/mol. The highest BCUT2D eigenvalue weighted by Gasteiger charge is 2.24. The number of carbonyl (C=O) groups excluding carboxylic acids is 2. The number of ketones is 1. The van der Waals surface area contributed by atoms with E-state index >= 15 is 0 Å². The van der Waals surface area contributed by atoms with Gasteiger partial charge in [0.05, 0.1) is 6.54 Å². The van der Waals surface area contributed by atoms with Crippen molar-refractivity contribution in [3.05, 3.63) is 35.9 Å². The fraction of sp³-hybridized carbons (Fsp3) is 0.600. The van der Waals surface area contributed by atoms with Crippen LogP contribution in [0.3, 0.4) is 0 Å². The molecule has 4 heteroatoms. The normalized spacial score (nSPS) is 11.4. The van der Waals surface area contributed by atoms with Gasteiger partial charge in [-0.15, -0.1) is 0 Å². The Morgan fingerprint density at radius 1 is 1.12 bits per heavy atom. The maximum Gasteiger partial charge on any atom is 0.410 e. The zero-order chi connectivity index (χ0) is 18.2. The third kappa shape index (κ3) is 8.70. The molecule has 0 aliphatic carbocycles. The van der Waals surface area contributed by atoms with Crippen LogP contribution in [0.4, 0.5) is 4.79 Å². The maximum atomic E-state index is 12.4. The maximum absolute atomic E-state index is 12.4. The second-order valence-electron chi connectivity index (χ2n) is 7.65. The van der Waals surface area contributed by atoms with Gasteiger partial charge in [0.1, 0.15) is 5.60 Å². The predicted molar refractivity (Wildman–Crippen MR) is 96.8 cm³/mol. The molecular weight excluding hydrogens is 302 g/mol. The van der Waals surface area contributed by atoms with Crippen molar-refractivity contribution >= 4 is 11.9 Å². The van der Waals surface area contributed by atoms with E-state index in [9.17, 15) is 9.59 Å². The lowest BCUT2D eigenvalue weighted by atomic mass is 10.0. The number of nitrogens with zero attached hydrogens (tertiary/aromatic N) is 1. The first-order chi connectivity index (χ1) is 11.2. The average molecular weight is 333 g/mol. The first kappa shape index (κ1) is 20.2. The lowest BCUT2D eigenvalue weighted by Gasteiger charge is -2.27. The van der Waals surface area contributed by atoms with Gasteiger partial charge in [0.15, 0.2) is 5.78 Å². The van der Waals surface area contributed by atoms with Crippen LogP contribution >= 0.6 is 0 Å². The van der Waals surface area contributed by atoms with E-state index in [1.165, 1.54) is 4.90 Å².